The van der Waals surface area contributed by atoms with Crippen molar-refractivity contribution in [2.24, 2.45) is 0 Å². The van der Waals surface area contributed by atoms with Crippen LogP contribution in [0.1, 0.15) is 16.7 Å². The summed E-state index contributed by atoms with van der Waals surface area (Å²) in [6, 6.07) is 12.8. The van der Waals surface area contributed by atoms with Crippen LogP contribution in [0.4, 0.5) is 0 Å². The van der Waals surface area contributed by atoms with E-state index in [2.05, 4.69) is 0 Å². The van der Waals surface area contributed by atoms with Gasteiger partial charge in [0.05, 0.1) is 0 Å². The fraction of sp³-hybridized carbons (Fsp3) is 0.235. The fourth-order valence-corrected chi connectivity index (χ4v) is 2.35. The van der Waals surface area contributed by atoms with Gasteiger partial charge in [0.15, 0.2) is 6.10 Å². The van der Waals surface area contributed by atoms with E-state index in [1.807, 2.05) is 44.2 Å². The van der Waals surface area contributed by atoms with Crippen LogP contribution >= 0.6 is 11.6 Å². The highest BCUT2D eigenvalue weighted by Crippen LogP contribution is 2.20. The second-order valence-corrected chi connectivity index (χ2v) is 5.47. The summed E-state index contributed by atoms with van der Waals surface area (Å²) in [7, 11) is 0. The molecule has 0 saturated heterocycles. The van der Waals surface area contributed by atoms with Gasteiger partial charge in [-0.15, -0.1) is 0 Å². The fourth-order valence-electron chi connectivity index (χ4n) is 2.12. The lowest BCUT2D eigenvalue weighted by Crippen LogP contribution is -2.29. The van der Waals surface area contributed by atoms with E-state index in [9.17, 15) is 9.90 Å². The average molecular weight is 305 g/mol. The number of benzene rings is 2. The van der Waals surface area contributed by atoms with Crippen LogP contribution in [0.15, 0.2) is 42.5 Å². The average Bonchev–Trinajstić information content (AvgIpc) is 2.40. The molecule has 0 aliphatic carbocycles. The molecule has 0 spiro atoms. The summed E-state index contributed by atoms with van der Waals surface area (Å²) in [4.78, 5) is 11.4. The molecule has 2 rings (SSSR count). The first-order chi connectivity index (χ1) is 9.95. The molecule has 0 aliphatic heterocycles. The van der Waals surface area contributed by atoms with E-state index in [4.69, 9.17) is 16.3 Å². The van der Waals surface area contributed by atoms with Gasteiger partial charge >= 0.3 is 5.97 Å². The predicted molar refractivity (Wildman–Crippen MR) is 83.1 cm³/mol. The highest BCUT2D eigenvalue weighted by atomic mass is 35.5. The maximum atomic E-state index is 11.4. The predicted octanol–water partition coefficient (Wildman–Crippen LogP) is 4.03. The minimum absolute atomic E-state index is 0.298. The van der Waals surface area contributed by atoms with E-state index in [-0.39, 0.29) is 0 Å². The maximum absolute atomic E-state index is 11.4. The Morgan fingerprint density at radius 3 is 2.62 bits per heavy atom. The van der Waals surface area contributed by atoms with Crippen molar-refractivity contribution in [3.63, 3.8) is 0 Å². The second-order valence-electron chi connectivity index (χ2n) is 5.04. The molecule has 4 heteroatoms. The van der Waals surface area contributed by atoms with Gasteiger partial charge < -0.3 is 9.84 Å². The van der Waals surface area contributed by atoms with Gasteiger partial charge in [-0.2, -0.15) is 0 Å². The van der Waals surface area contributed by atoms with Crippen molar-refractivity contribution >= 4 is 17.6 Å². The molecular weight excluding hydrogens is 288 g/mol. The molecule has 0 radical (unpaired) electrons. The zero-order valence-corrected chi connectivity index (χ0v) is 12.7. The lowest BCUT2D eigenvalue weighted by molar-refractivity contribution is -0.145. The van der Waals surface area contributed by atoms with Crippen molar-refractivity contribution < 1.29 is 14.6 Å². The highest BCUT2D eigenvalue weighted by molar-refractivity contribution is 6.30. The minimum Gasteiger partial charge on any atom is -0.478 e. The summed E-state index contributed by atoms with van der Waals surface area (Å²) in [5, 5.41) is 10.0. The Hall–Kier alpha value is -2.00. The molecule has 21 heavy (non-hydrogen) atoms. The monoisotopic (exact) mass is 304 g/mol. The minimum atomic E-state index is -0.981. The summed E-state index contributed by atoms with van der Waals surface area (Å²) in [6.45, 7) is 3.85. The smallest absolute Gasteiger partial charge is 0.345 e. The quantitative estimate of drug-likeness (QED) is 0.907. The van der Waals surface area contributed by atoms with Crippen molar-refractivity contribution in [2.75, 3.05) is 0 Å². The van der Waals surface area contributed by atoms with Crippen molar-refractivity contribution in [3.05, 3.63) is 64.2 Å². The standard InChI is InChI=1S/C17H17ClO3/c1-11-4-3-5-15(8-11)21-16(17(19)20)10-13-6-7-14(18)9-12(13)2/h3-9,16H,10H2,1-2H3,(H,19,20). The first-order valence-electron chi connectivity index (χ1n) is 6.67. The third-order valence-electron chi connectivity index (χ3n) is 3.25. The van der Waals surface area contributed by atoms with Crippen molar-refractivity contribution in [1.29, 1.82) is 0 Å². The molecule has 0 bridgehead atoms. The van der Waals surface area contributed by atoms with Crippen LogP contribution in [-0.4, -0.2) is 17.2 Å². The van der Waals surface area contributed by atoms with E-state index in [1.54, 1.807) is 12.1 Å². The van der Waals surface area contributed by atoms with Crippen molar-refractivity contribution in [2.45, 2.75) is 26.4 Å². The molecule has 1 atom stereocenters. The number of halogens is 1. The van der Waals surface area contributed by atoms with Crippen LogP contribution in [0, 0.1) is 13.8 Å². The molecule has 3 nitrogen and oxygen atoms in total. The molecule has 0 aliphatic rings. The normalized spacial score (nSPS) is 12.0. The molecule has 1 N–H and O–H groups in total. The number of carbonyl (C=O) groups is 1. The van der Waals surface area contributed by atoms with Gasteiger partial charge in [-0.1, -0.05) is 29.8 Å². The Labute approximate surface area is 129 Å². The van der Waals surface area contributed by atoms with Crippen molar-refractivity contribution in [3.8, 4) is 5.75 Å². The zero-order chi connectivity index (χ0) is 15.4. The van der Waals surface area contributed by atoms with Crippen molar-refractivity contribution in [1.82, 2.24) is 0 Å². The Kier molecular flexibility index (Phi) is 4.86. The van der Waals surface area contributed by atoms with E-state index in [0.717, 1.165) is 16.7 Å². The Bertz CT molecular complexity index is 652. The first kappa shape index (κ1) is 15.4. The van der Waals surface area contributed by atoms with Gasteiger partial charge in [0.2, 0.25) is 0 Å². The Balaban J connectivity index is 2.18. The van der Waals surface area contributed by atoms with Crippen LogP contribution in [0.25, 0.3) is 0 Å². The molecule has 2 aromatic carbocycles. The van der Waals surface area contributed by atoms with Gasteiger partial charge in [-0.3, -0.25) is 0 Å². The first-order valence-corrected chi connectivity index (χ1v) is 7.04. The molecule has 2 aromatic rings. The number of aliphatic carboxylic acids is 1. The number of carboxylic acid groups (broad SMARTS) is 1. The van der Waals surface area contributed by atoms with Crippen LogP contribution in [0.5, 0.6) is 5.75 Å². The van der Waals surface area contributed by atoms with Gasteiger partial charge in [0, 0.05) is 11.4 Å². The molecule has 0 aromatic heterocycles. The van der Waals surface area contributed by atoms with Crippen LogP contribution in [-0.2, 0) is 11.2 Å². The van der Waals surface area contributed by atoms with E-state index in [1.165, 1.54) is 0 Å². The number of rotatable bonds is 5. The highest BCUT2D eigenvalue weighted by Gasteiger charge is 2.21. The largest absolute Gasteiger partial charge is 0.478 e. The summed E-state index contributed by atoms with van der Waals surface area (Å²) < 4.78 is 5.61. The second kappa shape index (κ2) is 6.64. The summed E-state index contributed by atoms with van der Waals surface area (Å²) in [6.07, 6.45) is -0.626. The molecule has 110 valence electrons. The zero-order valence-electron chi connectivity index (χ0n) is 12.0. The molecule has 1 unspecified atom stereocenters. The van der Waals surface area contributed by atoms with E-state index >= 15 is 0 Å². The number of hydrogen-bond donors (Lipinski definition) is 1. The van der Waals surface area contributed by atoms with Crippen LogP contribution in [0.3, 0.4) is 0 Å². The summed E-state index contributed by atoms with van der Waals surface area (Å²) in [5.41, 5.74) is 2.90. The third kappa shape index (κ3) is 4.23. The summed E-state index contributed by atoms with van der Waals surface area (Å²) >= 11 is 5.92. The number of aryl methyl sites for hydroxylation is 2. The molecular formula is C17H17ClO3. The van der Waals surface area contributed by atoms with Gasteiger partial charge in [0.25, 0.3) is 0 Å². The Morgan fingerprint density at radius 1 is 1.24 bits per heavy atom. The van der Waals surface area contributed by atoms with E-state index < -0.39 is 12.1 Å². The number of hydrogen-bond acceptors (Lipinski definition) is 2. The molecule has 0 amide bonds. The van der Waals surface area contributed by atoms with Gasteiger partial charge in [-0.25, -0.2) is 4.79 Å². The maximum Gasteiger partial charge on any atom is 0.345 e. The van der Waals surface area contributed by atoms with Gasteiger partial charge in [-0.05, 0) is 54.8 Å². The topological polar surface area (TPSA) is 46.5 Å². The molecule has 0 saturated carbocycles. The third-order valence-corrected chi connectivity index (χ3v) is 3.49. The molecule has 0 heterocycles. The van der Waals surface area contributed by atoms with Gasteiger partial charge in [0.1, 0.15) is 5.75 Å². The summed E-state index contributed by atoms with van der Waals surface area (Å²) in [5.74, 6) is -0.417. The lowest BCUT2D eigenvalue weighted by atomic mass is 10.0. The number of ether oxygens (including phenoxy) is 1. The SMILES string of the molecule is Cc1cccc(OC(Cc2ccc(Cl)cc2C)C(=O)O)c1. The van der Waals surface area contributed by atoms with E-state index in [0.29, 0.717) is 17.2 Å². The lowest BCUT2D eigenvalue weighted by Gasteiger charge is -2.17. The molecule has 0 fully saturated rings. The number of carboxylic acids is 1. The van der Waals surface area contributed by atoms with Crippen LogP contribution < -0.4 is 4.74 Å². The Morgan fingerprint density at radius 2 is 2.00 bits per heavy atom. The van der Waals surface area contributed by atoms with Crippen LogP contribution in [0.2, 0.25) is 5.02 Å².